The number of furan rings is 1. The summed E-state index contributed by atoms with van der Waals surface area (Å²) in [5.74, 6) is 0.849. The Morgan fingerprint density at radius 1 is 0.471 bits per heavy atom. The average molecular weight is 656 g/mol. The van der Waals surface area contributed by atoms with Gasteiger partial charge in [0.15, 0.2) is 0 Å². The van der Waals surface area contributed by atoms with Gasteiger partial charge in [-0.05, 0) is 68.2 Å². The molecule has 10 rings (SSSR count). The summed E-state index contributed by atoms with van der Waals surface area (Å²) in [6, 6.07) is 62.2. The summed E-state index contributed by atoms with van der Waals surface area (Å²) in [5.41, 5.74) is 9.73. The number of hydrogen-bond acceptors (Lipinski definition) is 4. The number of aliphatic imine (C=N–C) groups is 1. The highest BCUT2D eigenvalue weighted by Crippen LogP contribution is 2.42. The van der Waals surface area contributed by atoms with Gasteiger partial charge in [-0.25, -0.2) is 4.99 Å². The third kappa shape index (κ3) is 5.25. The number of nitrogens with one attached hydrogen (secondary N) is 2. The second kappa shape index (κ2) is 12.1. The van der Waals surface area contributed by atoms with Gasteiger partial charge in [0.1, 0.15) is 29.3 Å². The Balaban J connectivity index is 1.11. The number of benzene rings is 8. The molecule has 2 unspecified atom stereocenters. The van der Waals surface area contributed by atoms with Crippen LogP contribution < -0.4 is 10.6 Å². The summed E-state index contributed by atoms with van der Waals surface area (Å²) < 4.78 is 6.70. The van der Waals surface area contributed by atoms with E-state index in [-0.39, 0.29) is 12.3 Å². The molecule has 0 saturated heterocycles. The van der Waals surface area contributed by atoms with Gasteiger partial charge < -0.3 is 9.73 Å². The summed E-state index contributed by atoms with van der Waals surface area (Å²) in [5, 5.41) is 14.5. The van der Waals surface area contributed by atoms with Crippen LogP contribution in [0.2, 0.25) is 0 Å². The normalized spacial score (nSPS) is 16.0. The fourth-order valence-electron chi connectivity index (χ4n) is 7.54. The second-order valence-corrected chi connectivity index (χ2v) is 13.2. The molecule has 242 valence electrons. The molecule has 2 atom stereocenters. The van der Waals surface area contributed by atoms with Crippen LogP contribution >= 0.6 is 0 Å². The van der Waals surface area contributed by atoms with Crippen LogP contribution in [-0.4, -0.2) is 5.84 Å². The molecule has 0 spiro atoms. The molecule has 2 heterocycles. The number of amidine groups is 1. The third-order valence-corrected chi connectivity index (χ3v) is 10.1. The largest absolute Gasteiger partial charge is 0.455 e. The first kappa shape index (κ1) is 29.4. The van der Waals surface area contributed by atoms with Crippen molar-refractivity contribution in [2.45, 2.75) is 12.3 Å². The number of nitrogens with zero attached hydrogens (tertiary/aromatic N) is 1. The van der Waals surface area contributed by atoms with Crippen molar-refractivity contribution >= 4 is 49.3 Å². The Kier molecular flexibility index (Phi) is 7.00. The van der Waals surface area contributed by atoms with Crippen LogP contribution in [0.25, 0.3) is 65.7 Å². The zero-order valence-electron chi connectivity index (χ0n) is 27.8. The molecule has 8 aromatic carbocycles. The minimum atomic E-state index is -0.347. The molecule has 0 saturated carbocycles. The van der Waals surface area contributed by atoms with Gasteiger partial charge in [-0.1, -0.05) is 152 Å². The van der Waals surface area contributed by atoms with Crippen molar-refractivity contribution in [1.29, 1.82) is 0 Å². The maximum absolute atomic E-state index is 6.70. The Bertz CT molecular complexity index is 2750. The number of fused-ring (bicyclic) bond motifs is 6. The Hall–Kier alpha value is -6.49. The molecule has 51 heavy (non-hydrogen) atoms. The molecule has 0 aliphatic carbocycles. The molecule has 1 aliphatic rings. The van der Waals surface area contributed by atoms with Crippen molar-refractivity contribution in [2.24, 2.45) is 4.99 Å². The first-order chi connectivity index (χ1) is 25.2. The average Bonchev–Trinajstić information content (AvgIpc) is 3.60. The van der Waals surface area contributed by atoms with Crippen LogP contribution in [0, 0.1) is 0 Å². The van der Waals surface area contributed by atoms with Crippen molar-refractivity contribution in [1.82, 2.24) is 10.6 Å². The SMILES string of the molecule is c1ccc(C2=NC(c3cc4ccccc4c4oc5ccc(-c6ccccc6)cc5c34)NC(c3ccc(-c4ccc5ccccc5c4)cc3)N2)cc1. The summed E-state index contributed by atoms with van der Waals surface area (Å²) in [6.07, 6.45) is -0.534. The molecule has 1 aromatic heterocycles. The lowest BCUT2D eigenvalue weighted by Gasteiger charge is -2.32. The Morgan fingerprint density at radius 3 is 1.90 bits per heavy atom. The van der Waals surface area contributed by atoms with E-state index in [1.807, 2.05) is 6.07 Å². The lowest BCUT2D eigenvalue weighted by Crippen LogP contribution is -2.45. The first-order valence-corrected chi connectivity index (χ1v) is 17.4. The van der Waals surface area contributed by atoms with Gasteiger partial charge in [0.05, 0.1) is 0 Å². The summed E-state index contributed by atoms with van der Waals surface area (Å²) in [4.78, 5) is 5.37. The molecular formula is C47H33N3O. The molecule has 4 heteroatoms. The minimum absolute atomic E-state index is 0.187. The highest BCUT2D eigenvalue weighted by Gasteiger charge is 2.29. The second-order valence-electron chi connectivity index (χ2n) is 13.2. The molecule has 1 aliphatic heterocycles. The van der Waals surface area contributed by atoms with Crippen molar-refractivity contribution in [3.63, 3.8) is 0 Å². The van der Waals surface area contributed by atoms with Crippen LogP contribution in [0.4, 0.5) is 0 Å². The van der Waals surface area contributed by atoms with E-state index in [0.717, 1.165) is 60.8 Å². The van der Waals surface area contributed by atoms with Crippen LogP contribution in [-0.2, 0) is 0 Å². The summed E-state index contributed by atoms with van der Waals surface area (Å²) in [6.45, 7) is 0. The van der Waals surface area contributed by atoms with E-state index < -0.39 is 0 Å². The monoisotopic (exact) mass is 655 g/mol. The standard InChI is InChI=1S/C47H33N3O/c1-3-11-30(12-4-1)37-25-26-42-40(28-37)43-41(29-38-17-9-10-18-39(38)44(43)51-42)47-49-45(33-14-5-2-6-15-33)48-46(50-47)34-22-19-32(20-23-34)36-24-21-31-13-7-8-16-35(31)27-36/h1-29,46-47,50H,(H,48,49). The molecular weight excluding hydrogens is 623 g/mol. The van der Waals surface area contributed by atoms with Crippen molar-refractivity contribution in [3.05, 3.63) is 193 Å². The van der Waals surface area contributed by atoms with Crippen LogP contribution in [0.5, 0.6) is 0 Å². The lowest BCUT2D eigenvalue weighted by atomic mass is 9.96. The van der Waals surface area contributed by atoms with E-state index >= 15 is 0 Å². The zero-order chi connectivity index (χ0) is 33.7. The van der Waals surface area contributed by atoms with Crippen LogP contribution in [0.15, 0.2) is 185 Å². The molecule has 2 N–H and O–H groups in total. The lowest BCUT2D eigenvalue weighted by molar-refractivity contribution is 0.411. The minimum Gasteiger partial charge on any atom is -0.455 e. The van der Waals surface area contributed by atoms with Gasteiger partial charge in [-0.2, -0.15) is 0 Å². The molecule has 9 aromatic rings. The van der Waals surface area contributed by atoms with E-state index in [9.17, 15) is 0 Å². The quantitative estimate of drug-likeness (QED) is 0.194. The Morgan fingerprint density at radius 2 is 1.10 bits per heavy atom. The summed E-state index contributed by atoms with van der Waals surface area (Å²) >= 11 is 0. The van der Waals surface area contributed by atoms with Gasteiger partial charge >= 0.3 is 0 Å². The third-order valence-electron chi connectivity index (χ3n) is 10.1. The topological polar surface area (TPSA) is 49.6 Å². The van der Waals surface area contributed by atoms with Crippen molar-refractivity contribution < 1.29 is 4.42 Å². The molecule has 0 bridgehead atoms. The van der Waals surface area contributed by atoms with Gasteiger partial charge in [0.25, 0.3) is 0 Å². The van der Waals surface area contributed by atoms with Gasteiger partial charge in [-0.15, -0.1) is 0 Å². The van der Waals surface area contributed by atoms with Crippen molar-refractivity contribution in [3.8, 4) is 22.3 Å². The van der Waals surface area contributed by atoms with Gasteiger partial charge in [-0.3, -0.25) is 5.32 Å². The highest BCUT2D eigenvalue weighted by atomic mass is 16.3. The van der Waals surface area contributed by atoms with E-state index in [1.165, 1.54) is 27.5 Å². The predicted octanol–water partition coefficient (Wildman–Crippen LogP) is 11.6. The van der Waals surface area contributed by atoms with Crippen LogP contribution in [0.1, 0.15) is 29.0 Å². The van der Waals surface area contributed by atoms with Gasteiger partial charge in [0.2, 0.25) is 0 Å². The maximum atomic E-state index is 6.70. The van der Waals surface area contributed by atoms with Gasteiger partial charge in [0, 0.05) is 27.3 Å². The number of hydrogen-bond donors (Lipinski definition) is 2. The van der Waals surface area contributed by atoms with E-state index in [1.54, 1.807) is 0 Å². The predicted molar refractivity (Wildman–Crippen MR) is 211 cm³/mol. The fourth-order valence-corrected chi connectivity index (χ4v) is 7.54. The molecule has 0 amide bonds. The maximum Gasteiger partial charge on any atom is 0.143 e. The highest BCUT2D eigenvalue weighted by molar-refractivity contribution is 6.17. The fraction of sp³-hybridized carbons (Fsp3) is 0.0426. The molecule has 0 radical (unpaired) electrons. The summed E-state index contributed by atoms with van der Waals surface area (Å²) in [7, 11) is 0. The van der Waals surface area contributed by atoms with E-state index in [4.69, 9.17) is 9.41 Å². The van der Waals surface area contributed by atoms with Crippen molar-refractivity contribution in [2.75, 3.05) is 0 Å². The van der Waals surface area contributed by atoms with Crippen LogP contribution in [0.3, 0.4) is 0 Å². The first-order valence-electron chi connectivity index (χ1n) is 17.4. The number of rotatable bonds is 5. The molecule has 0 fully saturated rings. The smallest absolute Gasteiger partial charge is 0.143 e. The Labute approximate surface area is 295 Å². The van der Waals surface area contributed by atoms with E-state index in [0.29, 0.717) is 0 Å². The zero-order valence-corrected chi connectivity index (χ0v) is 27.8. The van der Waals surface area contributed by atoms with E-state index in [2.05, 4.69) is 180 Å². The molecule has 4 nitrogen and oxygen atoms in total.